The molecule has 3 N–H and O–H groups in total. The molecule has 2 rings (SSSR count). The van der Waals surface area contributed by atoms with Crippen LogP contribution in [0.5, 0.6) is 0 Å². The lowest BCUT2D eigenvalue weighted by molar-refractivity contribution is 0.396. The fraction of sp³-hybridized carbons (Fsp3) is 0.333. The highest BCUT2D eigenvalue weighted by molar-refractivity contribution is 5.24. The fourth-order valence-electron chi connectivity index (χ4n) is 2.09. The Morgan fingerprint density at radius 1 is 1.28 bits per heavy atom. The minimum atomic E-state index is 0.0205. The minimum Gasteiger partial charge on any atom is -0.464 e. The van der Waals surface area contributed by atoms with Crippen LogP contribution in [0.4, 0.5) is 0 Å². The van der Waals surface area contributed by atoms with Crippen molar-refractivity contribution in [3.63, 3.8) is 0 Å². The summed E-state index contributed by atoms with van der Waals surface area (Å²) in [7, 11) is 0. The van der Waals surface area contributed by atoms with Crippen LogP contribution in [0.25, 0.3) is 0 Å². The zero-order valence-electron chi connectivity index (χ0n) is 10.9. The zero-order chi connectivity index (χ0) is 13.0. The van der Waals surface area contributed by atoms with E-state index in [0.717, 1.165) is 24.4 Å². The molecule has 1 aromatic heterocycles. The van der Waals surface area contributed by atoms with Crippen LogP contribution in [0.2, 0.25) is 0 Å². The summed E-state index contributed by atoms with van der Waals surface area (Å²) in [5.41, 5.74) is 5.35. The van der Waals surface area contributed by atoms with Gasteiger partial charge in [-0.2, -0.15) is 0 Å². The number of aryl methyl sites for hydroxylation is 2. The number of rotatable bonds is 5. The van der Waals surface area contributed by atoms with Gasteiger partial charge in [0.1, 0.15) is 11.5 Å². The van der Waals surface area contributed by atoms with Gasteiger partial charge in [-0.15, -0.1) is 0 Å². The predicted octanol–water partition coefficient (Wildman–Crippen LogP) is 2.90. The van der Waals surface area contributed by atoms with E-state index in [1.807, 2.05) is 12.1 Å². The molecule has 0 spiro atoms. The van der Waals surface area contributed by atoms with Crippen molar-refractivity contribution in [3.8, 4) is 0 Å². The summed E-state index contributed by atoms with van der Waals surface area (Å²) in [6.07, 6.45) is 1.73. The Bertz CT molecular complexity index is 505. The topological polar surface area (TPSA) is 51.2 Å². The summed E-state index contributed by atoms with van der Waals surface area (Å²) in [6.45, 7) is 4.17. The highest BCUT2D eigenvalue weighted by Crippen LogP contribution is 2.21. The first-order valence-electron chi connectivity index (χ1n) is 6.33. The lowest BCUT2D eigenvalue weighted by atomic mass is 10.0. The Morgan fingerprint density at radius 2 is 2.11 bits per heavy atom. The molecule has 0 amide bonds. The van der Waals surface area contributed by atoms with Gasteiger partial charge < -0.3 is 4.42 Å². The first kappa shape index (κ1) is 12.9. The van der Waals surface area contributed by atoms with Crippen molar-refractivity contribution in [1.29, 1.82) is 0 Å². The molecule has 0 aliphatic heterocycles. The Kier molecular flexibility index (Phi) is 4.18. The van der Waals surface area contributed by atoms with Crippen LogP contribution in [0.3, 0.4) is 0 Å². The average Bonchev–Trinajstić information content (AvgIpc) is 2.84. The fourth-order valence-corrected chi connectivity index (χ4v) is 2.09. The summed E-state index contributed by atoms with van der Waals surface area (Å²) < 4.78 is 5.75. The highest BCUT2D eigenvalue weighted by Gasteiger charge is 2.14. The molecule has 0 bridgehead atoms. The summed E-state index contributed by atoms with van der Waals surface area (Å²) in [4.78, 5) is 0. The van der Waals surface area contributed by atoms with Crippen LogP contribution in [-0.2, 0) is 12.8 Å². The molecule has 0 aliphatic rings. The van der Waals surface area contributed by atoms with Gasteiger partial charge in [0.25, 0.3) is 0 Å². The maximum atomic E-state index is 5.75. The highest BCUT2D eigenvalue weighted by atomic mass is 16.3. The minimum absolute atomic E-state index is 0.0205. The Morgan fingerprint density at radius 3 is 2.72 bits per heavy atom. The lowest BCUT2D eigenvalue weighted by Gasteiger charge is -2.13. The Hall–Kier alpha value is -1.58. The molecule has 1 aromatic carbocycles. The molecule has 3 nitrogen and oxygen atoms in total. The Labute approximate surface area is 108 Å². The smallest absolute Gasteiger partial charge is 0.122 e. The molecule has 0 saturated carbocycles. The van der Waals surface area contributed by atoms with Crippen LogP contribution in [0.15, 0.2) is 40.8 Å². The molecular weight excluding hydrogens is 224 g/mol. The largest absolute Gasteiger partial charge is 0.464 e. The molecular formula is C15H20N2O. The van der Waals surface area contributed by atoms with Crippen LogP contribution in [0.1, 0.15) is 35.6 Å². The molecule has 96 valence electrons. The second-order valence-corrected chi connectivity index (χ2v) is 4.57. The summed E-state index contributed by atoms with van der Waals surface area (Å²) in [5.74, 6) is 7.53. The first-order valence-corrected chi connectivity index (χ1v) is 6.33. The molecule has 0 fully saturated rings. The third-order valence-corrected chi connectivity index (χ3v) is 3.10. The van der Waals surface area contributed by atoms with Gasteiger partial charge in [0.2, 0.25) is 0 Å². The van der Waals surface area contributed by atoms with Gasteiger partial charge in [0, 0.05) is 6.42 Å². The molecule has 1 atom stereocenters. The van der Waals surface area contributed by atoms with Crippen LogP contribution in [-0.4, -0.2) is 0 Å². The number of furan rings is 1. The van der Waals surface area contributed by atoms with Crippen LogP contribution >= 0.6 is 0 Å². The second-order valence-electron chi connectivity index (χ2n) is 4.57. The van der Waals surface area contributed by atoms with Crippen molar-refractivity contribution in [2.75, 3.05) is 0 Å². The molecule has 2 aromatic rings. The van der Waals surface area contributed by atoms with E-state index in [9.17, 15) is 0 Å². The average molecular weight is 244 g/mol. The molecule has 3 heteroatoms. The molecule has 1 unspecified atom stereocenters. The van der Waals surface area contributed by atoms with Crippen molar-refractivity contribution < 1.29 is 4.42 Å². The summed E-state index contributed by atoms with van der Waals surface area (Å²) >= 11 is 0. The van der Waals surface area contributed by atoms with Crippen molar-refractivity contribution in [3.05, 3.63) is 59.0 Å². The Balaban J connectivity index is 2.14. The van der Waals surface area contributed by atoms with E-state index >= 15 is 0 Å². The van der Waals surface area contributed by atoms with Crippen molar-refractivity contribution in [2.45, 2.75) is 32.7 Å². The van der Waals surface area contributed by atoms with E-state index in [1.165, 1.54) is 11.1 Å². The summed E-state index contributed by atoms with van der Waals surface area (Å²) in [6, 6.07) is 12.5. The third-order valence-electron chi connectivity index (χ3n) is 3.10. The lowest BCUT2D eigenvalue weighted by Crippen LogP contribution is -2.29. The van der Waals surface area contributed by atoms with Gasteiger partial charge in [-0.3, -0.25) is 5.84 Å². The number of hydrogen-bond acceptors (Lipinski definition) is 3. The van der Waals surface area contributed by atoms with E-state index in [2.05, 4.69) is 43.5 Å². The SMILES string of the molecule is CCc1ccc(C(Cc2cccc(C)c2)NN)o1. The predicted molar refractivity (Wildman–Crippen MR) is 73.0 cm³/mol. The van der Waals surface area contributed by atoms with Gasteiger partial charge in [0.05, 0.1) is 6.04 Å². The van der Waals surface area contributed by atoms with Crippen molar-refractivity contribution >= 4 is 0 Å². The molecule has 1 heterocycles. The standard InChI is InChI=1S/C15H20N2O/c1-3-13-7-8-15(18-13)14(17-16)10-12-6-4-5-11(2)9-12/h4-9,14,17H,3,10,16H2,1-2H3. The maximum Gasteiger partial charge on any atom is 0.122 e. The molecule has 18 heavy (non-hydrogen) atoms. The first-order chi connectivity index (χ1) is 8.72. The molecule has 0 aliphatic carbocycles. The van der Waals surface area contributed by atoms with Gasteiger partial charge >= 0.3 is 0 Å². The quantitative estimate of drug-likeness (QED) is 0.628. The molecule has 0 saturated heterocycles. The summed E-state index contributed by atoms with van der Waals surface area (Å²) in [5, 5.41) is 0. The van der Waals surface area contributed by atoms with Crippen molar-refractivity contribution in [2.24, 2.45) is 5.84 Å². The normalized spacial score (nSPS) is 12.6. The van der Waals surface area contributed by atoms with E-state index in [1.54, 1.807) is 0 Å². The van der Waals surface area contributed by atoms with Gasteiger partial charge in [-0.05, 0) is 31.0 Å². The van der Waals surface area contributed by atoms with E-state index in [4.69, 9.17) is 10.3 Å². The number of hydrogen-bond donors (Lipinski definition) is 2. The van der Waals surface area contributed by atoms with Crippen LogP contribution < -0.4 is 11.3 Å². The number of nitrogens with one attached hydrogen (secondary N) is 1. The van der Waals surface area contributed by atoms with Crippen molar-refractivity contribution in [1.82, 2.24) is 5.43 Å². The molecule has 0 radical (unpaired) electrons. The van der Waals surface area contributed by atoms with Gasteiger partial charge in [-0.1, -0.05) is 36.8 Å². The number of hydrazine groups is 1. The number of benzene rings is 1. The second kappa shape index (κ2) is 5.85. The zero-order valence-corrected chi connectivity index (χ0v) is 10.9. The monoisotopic (exact) mass is 244 g/mol. The third kappa shape index (κ3) is 3.00. The number of nitrogens with two attached hydrogens (primary N) is 1. The van der Waals surface area contributed by atoms with Gasteiger partial charge in [-0.25, -0.2) is 5.43 Å². The van der Waals surface area contributed by atoms with E-state index in [0.29, 0.717) is 0 Å². The van der Waals surface area contributed by atoms with E-state index in [-0.39, 0.29) is 6.04 Å². The van der Waals surface area contributed by atoms with E-state index < -0.39 is 0 Å². The van der Waals surface area contributed by atoms with Gasteiger partial charge in [0.15, 0.2) is 0 Å². The maximum absolute atomic E-state index is 5.75. The van der Waals surface area contributed by atoms with Crippen LogP contribution in [0, 0.1) is 6.92 Å².